The molecule has 0 radical (unpaired) electrons. The monoisotopic (exact) mass is 823 g/mol. The van der Waals surface area contributed by atoms with Crippen molar-refractivity contribution in [3.63, 3.8) is 0 Å². The topological polar surface area (TPSA) is 124 Å². The summed E-state index contributed by atoms with van der Waals surface area (Å²) in [6.07, 6.45) is 18.4. The molecule has 60 heavy (non-hydrogen) atoms. The van der Waals surface area contributed by atoms with Gasteiger partial charge in [0.1, 0.15) is 12.5 Å². The van der Waals surface area contributed by atoms with Gasteiger partial charge in [-0.05, 0) is 82.4 Å². The Labute approximate surface area is 372 Å². The number of ether oxygens (including phenoxy) is 2. The maximum atomic E-state index is 14.3. The van der Waals surface area contributed by atoms with Gasteiger partial charge >= 0.3 is 35.0 Å². The van der Waals surface area contributed by atoms with E-state index in [2.05, 4.69) is 60.4 Å². The van der Waals surface area contributed by atoms with E-state index >= 15 is 0 Å². The van der Waals surface area contributed by atoms with Crippen LogP contribution in [0.2, 0.25) is 0 Å². The van der Waals surface area contributed by atoms with E-state index in [1.165, 1.54) is 38.4 Å². The Hall–Kier alpha value is -4.28. The van der Waals surface area contributed by atoms with Crippen molar-refractivity contribution in [1.82, 2.24) is 20.3 Å². The number of aromatic nitrogens is 3. The molecule has 9 nitrogen and oxygen atoms in total. The van der Waals surface area contributed by atoms with Crippen LogP contribution >= 0.6 is 0 Å². The fourth-order valence-electron chi connectivity index (χ4n) is 9.22. The first-order valence-corrected chi connectivity index (χ1v) is 21.7. The van der Waals surface area contributed by atoms with Crippen LogP contribution in [-0.2, 0) is 25.5 Å². The molecule has 4 atom stereocenters. The summed E-state index contributed by atoms with van der Waals surface area (Å²) in [4.78, 5) is 56.5. The molecule has 1 aliphatic carbocycles. The third kappa shape index (κ3) is 9.60. The largest absolute Gasteiger partial charge is 2.00 e. The van der Waals surface area contributed by atoms with Gasteiger partial charge in [0.2, 0.25) is 0 Å². The molecular weight excluding hydrogens is 761 g/mol. The Morgan fingerprint density at radius 3 is 2.30 bits per heavy atom. The first-order valence-electron chi connectivity index (χ1n) is 21.7. The first kappa shape index (κ1) is 46.8. The Balaban J connectivity index is 0.00000683. The summed E-state index contributed by atoms with van der Waals surface area (Å²) in [5.74, 6) is -1.36. The molecule has 0 aromatic carbocycles. The zero-order chi connectivity index (χ0) is 42.7. The molecule has 3 aromatic heterocycles. The van der Waals surface area contributed by atoms with Gasteiger partial charge in [-0.2, -0.15) is 0 Å². The minimum absolute atomic E-state index is 0. The van der Waals surface area contributed by atoms with Gasteiger partial charge < -0.3 is 29.7 Å². The van der Waals surface area contributed by atoms with Crippen molar-refractivity contribution in [3.05, 3.63) is 96.5 Å². The summed E-state index contributed by atoms with van der Waals surface area (Å²) in [6, 6.07) is 0. The van der Waals surface area contributed by atoms with E-state index in [-0.39, 0.29) is 59.7 Å². The van der Waals surface area contributed by atoms with Crippen LogP contribution in [0.4, 0.5) is 0 Å². The molecule has 0 unspecified atom stereocenters. The summed E-state index contributed by atoms with van der Waals surface area (Å²) in [6.45, 7) is 23.6. The number of fused-ring (bicyclic) bond motifs is 7. The number of esters is 2. The second-order valence-corrected chi connectivity index (χ2v) is 17.5. The molecule has 1 fully saturated rings. The summed E-state index contributed by atoms with van der Waals surface area (Å²) >= 11 is 0. The molecule has 0 saturated carbocycles. The number of hydrogen-bond acceptors (Lipinski definition) is 6. The maximum absolute atomic E-state index is 14.3. The van der Waals surface area contributed by atoms with Crippen molar-refractivity contribution in [2.24, 2.45) is 29.6 Å². The van der Waals surface area contributed by atoms with Gasteiger partial charge in [-0.1, -0.05) is 119 Å². The summed E-state index contributed by atoms with van der Waals surface area (Å²) < 4.78 is 11.0. The van der Waals surface area contributed by atoms with Gasteiger partial charge in [-0.25, -0.2) is 0 Å². The van der Waals surface area contributed by atoms with Crippen molar-refractivity contribution in [1.29, 1.82) is 0 Å². The second-order valence-electron chi connectivity index (χ2n) is 17.5. The minimum Gasteiger partial charge on any atom is -0.657 e. The van der Waals surface area contributed by atoms with Crippen molar-refractivity contribution in [3.8, 4) is 0 Å². The smallest absolute Gasteiger partial charge is 0.657 e. The van der Waals surface area contributed by atoms with Crippen LogP contribution in [0.5, 0.6) is 0 Å². The molecule has 0 spiro atoms. The summed E-state index contributed by atoms with van der Waals surface area (Å²) in [5, 5.41) is 5.26. The number of nitrogens with one attached hydrogen (secondary N) is 1. The third-order valence-electron chi connectivity index (χ3n) is 12.9. The fraction of sp³-hybridized carbons (Fsp3) is 0.500. The maximum Gasteiger partial charge on any atom is 2.00 e. The molecule has 1 N–H and O–H groups in total. The van der Waals surface area contributed by atoms with E-state index < -0.39 is 11.9 Å². The van der Waals surface area contributed by atoms with Crippen LogP contribution in [0.1, 0.15) is 154 Å². The number of allylic oxidation sites excluding steroid dienone is 3. The van der Waals surface area contributed by atoms with Gasteiger partial charge in [0.25, 0.3) is 0 Å². The van der Waals surface area contributed by atoms with Crippen LogP contribution in [0.3, 0.4) is 0 Å². The van der Waals surface area contributed by atoms with Gasteiger partial charge in [-0.3, -0.25) is 14.4 Å². The quantitative estimate of drug-likeness (QED) is 0.0668. The van der Waals surface area contributed by atoms with E-state index in [9.17, 15) is 14.4 Å². The number of hydrogen-bond donors (Lipinski definition) is 1. The first-order chi connectivity index (χ1) is 28.2. The van der Waals surface area contributed by atoms with Gasteiger partial charge in [0, 0.05) is 35.2 Å². The zero-order valence-electron chi connectivity index (χ0n) is 37.6. The van der Waals surface area contributed by atoms with E-state index in [1.54, 1.807) is 0 Å². The zero-order valence-corrected chi connectivity index (χ0v) is 39.1. The number of Topliss-reactive ketones (excluding diaryl/α,β-unsaturated/α-hetero) is 1. The third-order valence-corrected chi connectivity index (χ3v) is 12.9. The second kappa shape index (κ2) is 20.1. The van der Waals surface area contributed by atoms with Crippen LogP contribution in [0, 0.1) is 50.4 Å². The number of carbonyl (C=O) groups excluding carboxylic acids is 3. The number of ketones is 1. The average Bonchev–Trinajstić information content (AvgIpc) is 3.94. The normalized spacial score (nSPS) is 21.9. The fourth-order valence-corrected chi connectivity index (χ4v) is 9.22. The molecule has 5 heterocycles. The number of nitrogens with zero attached hydrogens (tertiary/aromatic N) is 3. The predicted octanol–water partition coefficient (Wildman–Crippen LogP) is 7.77. The molecule has 8 bridgehead atoms. The predicted molar refractivity (Wildman–Crippen MR) is 241 cm³/mol. The standard InChI is InChI=1S/C50H64N4O5.Mg/c1-12-34-30(7)37-24-39-32(9)36(20-21-43(55)59-23-22-29(6)19-15-18-28(5)17-14-16-27(3)4)47(53-39)45-46(50(57)58-11)49(56)44-33(10)40(54-48(44)45)26-42-35(13-2)31(8)38(52-42)25-41(34)51-37;/h12,22,24-28,32,36,46H,1,13-21,23H2,2-11H3,(H2,53,54,56);/q-2;+2/p-1/b29-22-,38-25-,39-24-,42-26-;/t28-,32+,36+,46-;/m1./s1. The van der Waals surface area contributed by atoms with Gasteiger partial charge in [0.15, 0.2) is 5.78 Å². The Bertz CT molecular complexity index is 2350. The molecular formula is C50H63MgN4O5-. The van der Waals surface area contributed by atoms with Crippen molar-refractivity contribution in [2.75, 3.05) is 13.7 Å². The van der Waals surface area contributed by atoms with Gasteiger partial charge in [0.05, 0.1) is 7.11 Å². The molecule has 10 heteroatoms. The average molecular weight is 824 g/mol. The number of carbonyl (C=O) groups is 3. The molecule has 6 rings (SSSR count). The Morgan fingerprint density at radius 2 is 1.62 bits per heavy atom. The van der Waals surface area contributed by atoms with Crippen molar-refractivity contribution < 1.29 is 23.9 Å². The molecule has 316 valence electrons. The summed E-state index contributed by atoms with van der Waals surface area (Å²) in [5.41, 5.74) is 11.2. The van der Waals surface area contributed by atoms with E-state index in [4.69, 9.17) is 24.4 Å². The molecule has 2 aliphatic heterocycles. The summed E-state index contributed by atoms with van der Waals surface area (Å²) in [7, 11) is 1.30. The number of methoxy groups -OCH3 is 1. The van der Waals surface area contributed by atoms with E-state index in [0.717, 1.165) is 81.1 Å². The Kier molecular flexibility index (Phi) is 15.6. The SMILES string of the molecule is C=Cc1c2[n-]c(c1C)/C=C1\N/C(=C3\c4[n-]c(c(C)c4C(=O)[C@@H]3C(=O)OC)/C=c3\[n-]/c(c(C)c3CC)=C\2)[C@@H](CCC(=O)OC/C=C(/C)CCC[C@H](C)CCCC(C)C)[C@@H]1C.[Mg+2]. The van der Waals surface area contributed by atoms with E-state index in [1.807, 2.05) is 44.2 Å². The van der Waals surface area contributed by atoms with Crippen molar-refractivity contribution >= 4 is 70.7 Å². The minimum atomic E-state index is -1.19. The molecule has 3 aromatic rings. The molecule has 3 aliphatic rings. The van der Waals surface area contributed by atoms with E-state index in [0.29, 0.717) is 40.2 Å². The molecule has 0 amide bonds. The Morgan fingerprint density at radius 1 is 0.917 bits per heavy atom. The van der Waals surface area contributed by atoms with Crippen LogP contribution in [0.15, 0.2) is 29.6 Å². The van der Waals surface area contributed by atoms with Crippen LogP contribution < -0.4 is 31.0 Å². The van der Waals surface area contributed by atoms with Crippen LogP contribution in [0.25, 0.3) is 29.9 Å². The van der Waals surface area contributed by atoms with Gasteiger partial charge in [-0.15, -0.1) is 33.5 Å². The molecule has 1 saturated heterocycles. The van der Waals surface area contributed by atoms with Crippen LogP contribution in [-0.4, -0.2) is 54.5 Å². The van der Waals surface area contributed by atoms with Crippen molar-refractivity contribution in [2.45, 2.75) is 120 Å². The number of rotatable bonds is 16.